The minimum absolute atomic E-state index is 0.271. The van der Waals surface area contributed by atoms with Crippen molar-refractivity contribution in [3.05, 3.63) is 24.3 Å². The second-order valence-corrected chi connectivity index (χ2v) is 6.67. The van der Waals surface area contributed by atoms with Crippen LogP contribution in [0.1, 0.15) is 34.1 Å². The van der Waals surface area contributed by atoms with Gasteiger partial charge in [0, 0.05) is 5.54 Å². The molecule has 0 aliphatic carbocycles. The zero-order chi connectivity index (χ0) is 17.9. The number of esters is 1. The van der Waals surface area contributed by atoms with E-state index in [0.29, 0.717) is 11.4 Å². The van der Waals surface area contributed by atoms with Crippen LogP contribution in [-0.4, -0.2) is 35.5 Å². The van der Waals surface area contributed by atoms with Gasteiger partial charge in [-0.2, -0.15) is 0 Å². The maximum absolute atomic E-state index is 12.0. The summed E-state index contributed by atoms with van der Waals surface area (Å²) in [6.45, 7) is 6.97. The molecule has 2 N–H and O–H groups in total. The van der Waals surface area contributed by atoms with E-state index in [1.165, 1.54) is 6.92 Å². The highest BCUT2D eigenvalue weighted by Crippen LogP contribution is 2.29. The number of anilines is 1. The average molecular weight is 334 g/mol. The highest BCUT2D eigenvalue weighted by molar-refractivity contribution is 5.99. The van der Waals surface area contributed by atoms with Gasteiger partial charge in [0.15, 0.2) is 12.2 Å². The van der Waals surface area contributed by atoms with Crippen molar-refractivity contribution in [2.45, 2.75) is 51.9 Å². The number of rotatable bonds is 4. The average Bonchev–Trinajstić information content (AvgIpc) is 2.46. The number of amides is 2. The van der Waals surface area contributed by atoms with E-state index in [9.17, 15) is 14.4 Å². The normalized spacial score (nSPS) is 17.8. The number of hydrogen-bond acceptors (Lipinski definition) is 5. The van der Waals surface area contributed by atoms with E-state index >= 15 is 0 Å². The van der Waals surface area contributed by atoms with Gasteiger partial charge in [-0.1, -0.05) is 12.1 Å². The summed E-state index contributed by atoms with van der Waals surface area (Å²) in [6.07, 6.45) is -2.20. The first-order valence-corrected chi connectivity index (χ1v) is 7.74. The molecule has 0 spiro atoms. The summed E-state index contributed by atoms with van der Waals surface area (Å²) in [5, 5.41) is 5.39. The summed E-state index contributed by atoms with van der Waals surface area (Å²) in [4.78, 5) is 35.9. The summed E-state index contributed by atoms with van der Waals surface area (Å²) in [5.41, 5.74) is 0.137. The van der Waals surface area contributed by atoms with Crippen LogP contribution in [0.15, 0.2) is 24.3 Å². The van der Waals surface area contributed by atoms with Crippen molar-refractivity contribution < 1.29 is 23.9 Å². The third-order valence-corrected chi connectivity index (χ3v) is 3.23. The van der Waals surface area contributed by atoms with E-state index in [0.717, 1.165) is 0 Å². The van der Waals surface area contributed by atoms with Crippen LogP contribution in [0.5, 0.6) is 5.75 Å². The van der Waals surface area contributed by atoms with Crippen LogP contribution < -0.4 is 15.4 Å². The van der Waals surface area contributed by atoms with Crippen LogP contribution in [0.4, 0.5) is 5.69 Å². The highest BCUT2D eigenvalue weighted by atomic mass is 16.6. The Morgan fingerprint density at radius 1 is 1.33 bits per heavy atom. The molecule has 1 aromatic rings. The predicted molar refractivity (Wildman–Crippen MR) is 87.6 cm³/mol. The molecule has 1 aromatic carbocycles. The zero-order valence-electron chi connectivity index (χ0n) is 14.2. The predicted octanol–water partition coefficient (Wildman–Crippen LogP) is 1.62. The molecule has 7 heteroatoms. The molecule has 7 nitrogen and oxygen atoms in total. The fourth-order valence-corrected chi connectivity index (χ4v) is 2.15. The summed E-state index contributed by atoms with van der Waals surface area (Å²) < 4.78 is 10.6. The molecule has 24 heavy (non-hydrogen) atoms. The lowest BCUT2D eigenvalue weighted by molar-refractivity contribution is -0.157. The van der Waals surface area contributed by atoms with E-state index in [2.05, 4.69) is 10.6 Å². The number of para-hydroxylation sites is 2. The van der Waals surface area contributed by atoms with Crippen LogP contribution >= 0.6 is 0 Å². The molecule has 2 rings (SSSR count). The molecule has 0 saturated carbocycles. The summed E-state index contributed by atoms with van der Waals surface area (Å²) in [7, 11) is 0. The maximum atomic E-state index is 12.0. The number of carbonyl (C=O) groups excluding carboxylic acids is 3. The molecule has 1 aliphatic heterocycles. The van der Waals surface area contributed by atoms with E-state index in [1.807, 2.05) is 20.8 Å². The minimum Gasteiger partial charge on any atom is -0.478 e. The van der Waals surface area contributed by atoms with Gasteiger partial charge < -0.3 is 20.1 Å². The van der Waals surface area contributed by atoms with Gasteiger partial charge in [-0.05, 0) is 39.8 Å². The van der Waals surface area contributed by atoms with Gasteiger partial charge in [-0.15, -0.1) is 0 Å². The lowest BCUT2D eigenvalue weighted by atomic mass is 10.1. The Labute approximate surface area is 140 Å². The lowest BCUT2D eigenvalue weighted by Gasteiger charge is -2.26. The molecule has 0 radical (unpaired) electrons. The van der Waals surface area contributed by atoms with Crippen molar-refractivity contribution >= 4 is 23.5 Å². The lowest BCUT2D eigenvalue weighted by Crippen LogP contribution is -2.46. The van der Waals surface area contributed by atoms with E-state index < -0.39 is 35.5 Å². The summed E-state index contributed by atoms with van der Waals surface area (Å²) >= 11 is 0. The Balaban J connectivity index is 1.91. The van der Waals surface area contributed by atoms with Gasteiger partial charge in [0.05, 0.1) is 12.1 Å². The number of hydrogen-bond donors (Lipinski definition) is 2. The Kier molecular flexibility index (Phi) is 5.11. The first-order valence-electron chi connectivity index (χ1n) is 7.74. The second kappa shape index (κ2) is 6.90. The quantitative estimate of drug-likeness (QED) is 0.816. The van der Waals surface area contributed by atoms with Gasteiger partial charge in [0.25, 0.3) is 11.8 Å². The fourth-order valence-electron chi connectivity index (χ4n) is 2.15. The number of nitrogens with one attached hydrogen (secondary N) is 2. The van der Waals surface area contributed by atoms with Crippen molar-refractivity contribution in [2.24, 2.45) is 0 Å². The van der Waals surface area contributed by atoms with E-state index in [-0.39, 0.29) is 6.42 Å². The third-order valence-electron chi connectivity index (χ3n) is 3.23. The standard InChI is InChI=1S/C17H22N2O5/c1-10(15(21)19-17(2,3)4)23-14(20)9-13-16(22)18-11-7-5-6-8-12(11)24-13/h5-8,10,13H,9H2,1-4H3,(H,18,22)(H,19,21)/t10-,13+/m1/s1. The number of benzene rings is 1. The molecule has 1 heterocycles. The molecule has 0 fully saturated rings. The first kappa shape index (κ1) is 17.8. The van der Waals surface area contributed by atoms with Crippen molar-refractivity contribution in [1.29, 1.82) is 0 Å². The molecule has 130 valence electrons. The van der Waals surface area contributed by atoms with Crippen molar-refractivity contribution in [3.63, 3.8) is 0 Å². The third kappa shape index (κ3) is 4.71. The maximum Gasteiger partial charge on any atom is 0.310 e. The molecule has 2 atom stereocenters. The molecule has 0 bridgehead atoms. The highest BCUT2D eigenvalue weighted by Gasteiger charge is 2.31. The minimum atomic E-state index is -0.981. The fraction of sp³-hybridized carbons (Fsp3) is 0.471. The van der Waals surface area contributed by atoms with Crippen LogP contribution in [0.25, 0.3) is 0 Å². The van der Waals surface area contributed by atoms with Crippen LogP contribution in [0.2, 0.25) is 0 Å². The van der Waals surface area contributed by atoms with Gasteiger partial charge >= 0.3 is 5.97 Å². The van der Waals surface area contributed by atoms with Gasteiger partial charge in [0.1, 0.15) is 5.75 Å². The Morgan fingerprint density at radius 2 is 2.00 bits per heavy atom. The van der Waals surface area contributed by atoms with Crippen molar-refractivity contribution in [2.75, 3.05) is 5.32 Å². The van der Waals surface area contributed by atoms with Crippen molar-refractivity contribution in [3.8, 4) is 5.75 Å². The van der Waals surface area contributed by atoms with Gasteiger partial charge in [-0.3, -0.25) is 14.4 Å². The zero-order valence-corrected chi connectivity index (χ0v) is 14.2. The second-order valence-electron chi connectivity index (χ2n) is 6.67. The Morgan fingerprint density at radius 3 is 2.67 bits per heavy atom. The molecular weight excluding hydrogens is 312 g/mol. The number of fused-ring (bicyclic) bond motifs is 1. The first-order chi connectivity index (χ1) is 11.2. The van der Waals surface area contributed by atoms with E-state index in [1.54, 1.807) is 24.3 Å². The molecule has 0 saturated heterocycles. The monoisotopic (exact) mass is 334 g/mol. The van der Waals surface area contributed by atoms with Gasteiger partial charge in [-0.25, -0.2) is 0 Å². The van der Waals surface area contributed by atoms with E-state index in [4.69, 9.17) is 9.47 Å². The topological polar surface area (TPSA) is 93.7 Å². The molecule has 1 aliphatic rings. The van der Waals surface area contributed by atoms with Crippen LogP contribution in [0.3, 0.4) is 0 Å². The van der Waals surface area contributed by atoms with Gasteiger partial charge in [0.2, 0.25) is 0 Å². The molecule has 2 amide bonds. The van der Waals surface area contributed by atoms with Crippen LogP contribution in [0, 0.1) is 0 Å². The van der Waals surface area contributed by atoms with Crippen LogP contribution in [-0.2, 0) is 19.1 Å². The van der Waals surface area contributed by atoms with Crippen molar-refractivity contribution in [1.82, 2.24) is 5.32 Å². The summed E-state index contributed by atoms with van der Waals surface area (Å²) in [6, 6.07) is 6.95. The molecule has 0 unspecified atom stereocenters. The largest absolute Gasteiger partial charge is 0.478 e. The smallest absolute Gasteiger partial charge is 0.310 e. The Bertz CT molecular complexity index is 651. The Hall–Kier alpha value is -2.57. The molecule has 0 aromatic heterocycles. The number of carbonyl (C=O) groups is 3. The SMILES string of the molecule is C[C@@H](OC(=O)C[C@@H]1Oc2ccccc2NC1=O)C(=O)NC(C)(C)C. The number of ether oxygens (including phenoxy) is 2. The molecular formula is C17H22N2O5. The summed E-state index contributed by atoms with van der Waals surface area (Å²) in [5.74, 6) is -0.993.